The maximum Gasteiger partial charge on any atom is 0.257 e. The maximum atomic E-state index is 12.1. The van der Waals surface area contributed by atoms with Gasteiger partial charge in [-0.3, -0.25) is 4.79 Å². The summed E-state index contributed by atoms with van der Waals surface area (Å²) in [6, 6.07) is 5.77. The highest BCUT2D eigenvalue weighted by atomic mass is 16.5. The van der Waals surface area contributed by atoms with Crippen LogP contribution < -0.4 is 5.32 Å². The van der Waals surface area contributed by atoms with E-state index in [1.165, 1.54) is 0 Å². The van der Waals surface area contributed by atoms with Crippen molar-refractivity contribution in [1.29, 1.82) is 0 Å². The zero-order chi connectivity index (χ0) is 14.1. The van der Waals surface area contributed by atoms with Gasteiger partial charge in [0, 0.05) is 12.4 Å². The van der Waals surface area contributed by atoms with Crippen LogP contribution in [0.25, 0.3) is 5.65 Å². The molecule has 3 rings (SSSR count). The standard InChI is InChI=1S/C14H14N4O2/c1-9-13(10(2)20-17-9)14(19)15-7-11-8-18-6-4-3-5-12(18)16-11/h3-6,8H,7H2,1-2H3,(H,15,19). The van der Waals surface area contributed by atoms with Crippen molar-refractivity contribution in [2.24, 2.45) is 0 Å². The average Bonchev–Trinajstić information content (AvgIpc) is 2.99. The minimum absolute atomic E-state index is 0.196. The first kappa shape index (κ1) is 12.4. The molecule has 0 bridgehead atoms. The Labute approximate surface area is 115 Å². The molecule has 3 heterocycles. The lowest BCUT2D eigenvalue weighted by molar-refractivity contribution is 0.0948. The number of rotatable bonds is 3. The van der Waals surface area contributed by atoms with Gasteiger partial charge in [0.05, 0.1) is 17.9 Å². The molecule has 0 aliphatic rings. The van der Waals surface area contributed by atoms with Crippen LogP contribution in [0.5, 0.6) is 0 Å². The second-order valence-corrected chi connectivity index (χ2v) is 4.58. The van der Waals surface area contributed by atoms with Gasteiger partial charge in [0.25, 0.3) is 5.91 Å². The van der Waals surface area contributed by atoms with E-state index in [2.05, 4.69) is 15.5 Å². The highest BCUT2D eigenvalue weighted by Gasteiger charge is 2.17. The molecule has 0 radical (unpaired) electrons. The third-order valence-corrected chi connectivity index (χ3v) is 3.10. The first-order chi connectivity index (χ1) is 9.65. The fourth-order valence-corrected chi connectivity index (χ4v) is 2.14. The van der Waals surface area contributed by atoms with Crippen LogP contribution in [0.15, 0.2) is 35.1 Å². The van der Waals surface area contributed by atoms with E-state index < -0.39 is 0 Å². The van der Waals surface area contributed by atoms with Gasteiger partial charge in [0.2, 0.25) is 0 Å². The molecule has 0 spiro atoms. The van der Waals surface area contributed by atoms with Crippen molar-refractivity contribution in [3.05, 3.63) is 53.3 Å². The highest BCUT2D eigenvalue weighted by Crippen LogP contribution is 2.12. The molecular weight excluding hydrogens is 256 g/mol. The van der Waals surface area contributed by atoms with Gasteiger partial charge in [0.15, 0.2) is 0 Å². The number of carbonyl (C=O) groups excluding carboxylic acids is 1. The van der Waals surface area contributed by atoms with Gasteiger partial charge in [-0.2, -0.15) is 0 Å². The number of fused-ring (bicyclic) bond motifs is 1. The summed E-state index contributed by atoms with van der Waals surface area (Å²) < 4.78 is 6.90. The van der Waals surface area contributed by atoms with E-state index in [-0.39, 0.29) is 5.91 Å². The van der Waals surface area contributed by atoms with Crippen molar-refractivity contribution in [2.45, 2.75) is 20.4 Å². The molecule has 20 heavy (non-hydrogen) atoms. The Kier molecular flexibility index (Phi) is 2.98. The fourth-order valence-electron chi connectivity index (χ4n) is 2.14. The number of aromatic nitrogens is 3. The molecule has 102 valence electrons. The predicted octanol–water partition coefficient (Wildman–Crippen LogP) is 1.87. The van der Waals surface area contributed by atoms with Gasteiger partial charge in [-0.05, 0) is 26.0 Å². The zero-order valence-electron chi connectivity index (χ0n) is 11.3. The Hall–Kier alpha value is -2.63. The highest BCUT2D eigenvalue weighted by molar-refractivity contribution is 5.95. The van der Waals surface area contributed by atoms with Crippen LogP contribution in [-0.2, 0) is 6.54 Å². The van der Waals surface area contributed by atoms with Crippen LogP contribution in [0.1, 0.15) is 27.5 Å². The van der Waals surface area contributed by atoms with E-state index in [0.29, 0.717) is 23.6 Å². The molecule has 0 saturated heterocycles. The van der Waals surface area contributed by atoms with Crippen molar-refractivity contribution >= 4 is 11.6 Å². The predicted molar refractivity (Wildman–Crippen MR) is 72.3 cm³/mol. The summed E-state index contributed by atoms with van der Waals surface area (Å²) in [6.45, 7) is 3.83. The molecule has 3 aromatic rings. The minimum atomic E-state index is -0.196. The number of nitrogens with zero attached hydrogens (tertiary/aromatic N) is 3. The molecule has 0 aromatic carbocycles. The zero-order valence-corrected chi connectivity index (χ0v) is 11.3. The lowest BCUT2D eigenvalue weighted by atomic mass is 10.2. The van der Waals surface area contributed by atoms with Crippen molar-refractivity contribution in [3.8, 4) is 0 Å². The lowest BCUT2D eigenvalue weighted by Gasteiger charge is -2.01. The Morgan fingerprint density at radius 1 is 1.40 bits per heavy atom. The van der Waals surface area contributed by atoms with Gasteiger partial charge in [0.1, 0.15) is 17.0 Å². The molecule has 3 aromatic heterocycles. The number of pyridine rings is 1. The summed E-state index contributed by atoms with van der Waals surface area (Å²) in [4.78, 5) is 16.5. The molecule has 6 nitrogen and oxygen atoms in total. The molecular formula is C14H14N4O2. The van der Waals surface area contributed by atoms with Gasteiger partial charge in [-0.25, -0.2) is 4.98 Å². The average molecular weight is 270 g/mol. The number of amides is 1. The summed E-state index contributed by atoms with van der Waals surface area (Å²) in [5.74, 6) is 0.327. The molecule has 0 aliphatic carbocycles. The summed E-state index contributed by atoms with van der Waals surface area (Å²) in [5.41, 5.74) is 2.74. The molecule has 0 fully saturated rings. The smallest absolute Gasteiger partial charge is 0.257 e. The van der Waals surface area contributed by atoms with Crippen molar-refractivity contribution < 1.29 is 9.32 Å². The van der Waals surface area contributed by atoms with E-state index >= 15 is 0 Å². The first-order valence-electron chi connectivity index (χ1n) is 6.29. The number of nitrogens with one attached hydrogen (secondary N) is 1. The SMILES string of the molecule is Cc1noc(C)c1C(=O)NCc1cn2ccccc2n1. The number of imidazole rings is 1. The number of aryl methyl sites for hydroxylation is 2. The van der Waals surface area contributed by atoms with Crippen molar-refractivity contribution in [3.63, 3.8) is 0 Å². The van der Waals surface area contributed by atoms with E-state index in [0.717, 1.165) is 11.3 Å². The molecule has 0 unspecified atom stereocenters. The van der Waals surface area contributed by atoms with E-state index in [1.54, 1.807) is 13.8 Å². The minimum Gasteiger partial charge on any atom is -0.361 e. The molecule has 0 aliphatic heterocycles. The maximum absolute atomic E-state index is 12.1. The van der Waals surface area contributed by atoms with Gasteiger partial charge < -0.3 is 14.2 Å². The molecule has 0 saturated carbocycles. The third kappa shape index (κ3) is 2.16. The Balaban J connectivity index is 1.74. The van der Waals surface area contributed by atoms with Crippen LogP contribution in [0, 0.1) is 13.8 Å². The Morgan fingerprint density at radius 3 is 2.95 bits per heavy atom. The topological polar surface area (TPSA) is 72.4 Å². The van der Waals surface area contributed by atoms with Gasteiger partial charge >= 0.3 is 0 Å². The van der Waals surface area contributed by atoms with E-state index in [4.69, 9.17) is 4.52 Å². The van der Waals surface area contributed by atoms with Crippen molar-refractivity contribution in [2.75, 3.05) is 0 Å². The first-order valence-corrected chi connectivity index (χ1v) is 6.29. The van der Waals surface area contributed by atoms with Crippen molar-refractivity contribution in [1.82, 2.24) is 19.9 Å². The summed E-state index contributed by atoms with van der Waals surface area (Å²) in [7, 11) is 0. The summed E-state index contributed by atoms with van der Waals surface area (Å²) in [6.07, 6.45) is 3.81. The lowest BCUT2D eigenvalue weighted by Crippen LogP contribution is -2.24. The molecule has 1 amide bonds. The summed E-state index contributed by atoms with van der Waals surface area (Å²) >= 11 is 0. The molecule has 0 atom stereocenters. The van der Waals surface area contributed by atoms with Crippen LogP contribution >= 0.6 is 0 Å². The molecule has 6 heteroatoms. The monoisotopic (exact) mass is 270 g/mol. The third-order valence-electron chi connectivity index (χ3n) is 3.10. The summed E-state index contributed by atoms with van der Waals surface area (Å²) in [5, 5.41) is 6.60. The fraction of sp³-hybridized carbons (Fsp3) is 0.214. The Bertz CT molecular complexity index is 720. The van der Waals surface area contributed by atoms with Crippen LogP contribution in [-0.4, -0.2) is 20.4 Å². The van der Waals surface area contributed by atoms with Gasteiger partial charge in [-0.1, -0.05) is 11.2 Å². The van der Waals surface area contributed by atoms with E-state index in [1.807, 2.05) is 35.0 Å². The number of hydrogen-bond acceptors (Lipinski definition) is 4. The number of hydrogen-bond donors (Lipinski definition) is 1. The van der Waals surface area contributed by atoms with E-state index in [9.17, 15) is 4.79 Å². The molecule has 1 N–H and O–H groups in total. The van der Waals surface area contributed by atoms with Crippen LogP contribution in [0.2, 0.25) is 0 Å². The van der Waals surface area contributed by atoms with Crippen LogP contribution in [0.3, 0.4) is 0 Å². The normalized spacial score (nSPS) is 10.9. The second-order valence-electron chi connectivity index (χ2n) is 4.58. The van der Waals surface area contributed by atoms with Crippen LogP contribution in [0.4, 0.5) is 0 Å². The number of carbonyl (C=O) groups is 1. The Morgan fingerprint density at radius 2 is 2.25 bits per heavy atom. The quantitative estimate of drug-likeness (QED) is 0.788. The second kappa shape index (κ2) is 4.80. The largest absolute Gasteiger partial charge is 0.361 e. The van der Waals surface area contributed by atoms with Gasteiger partial charge in [-0.15, -0.1) is 0 Å².